The molecule has 3 rings (SSSR count). The summed E-state index contributed by atoms with van der Waals surface area (Å²) >= 11 is 0. The van der Waals surface area contributed by atoms with Crippen molar-refractivity contribution in [2.45, 2.75) is 6.92 Å². The van der Waals surface area contributed by atoms with E-state index in [0.29, 0.717) is 11.9 Å². The van der Waals surface area contributed by atoms with Crippen LogP contribution in [0.4, 0.5) is 11.7 Å². The van der Waals surface area contributed by atoms with Gasteiger partial charge in [-0.1, -0.05) is 23.3 Å². The van der Waals surface area contributed by atoms with Crippen LogP contribution in [0.3, 0.4) is 0 Å². The third-order valence-corrected chi connectivity index (χ3v) is 2.92. The molecule has 20 heavy (non-hydrogen) atoms. The van der Waals surface area contributed by atoms with E-state index in [1.54, 1.807) is 24.3 Å². The Labute approximate surface area is 115 Å². The predicted molar refractivity (Wildman–Crippen MR) is 75.9 cm³/mol. The molecule has 0 amide bonds. The van der Waals surface area contributed by atoms with Gasteiger partial charge in [-0.05, 0) is 42.8 Å². The van der Waals surface area contributed by atoms with E-state index in [1.807, 2.05) is 31.2 Å². The fourth-order valence-electron chi connectivity index (χ4n) is 1.86. The first-order valence-electron chi connectivity index (χ1n) is 6.18. The fraction of sp³-hybridized carbons (Fsp3) is 0.0667. The Bertz CT molecular complexity index is 720. The van der Waals surface area contributed by atoms with E-state index >= 15 is 0 Å². The lowest BCUT2D eigenvalue weighted by molar-refractivity contribution is 0.475. The van der Waals surface area contributed by atoms with Crippen molar-refractivity contribution in [2.24, 2.45) is 0 Å². The van der Waals surface area contributed by atoms with Crippen molar-refractivity contribution < 1.29 is 9.52 Å². The number of hydrogen-bond donors (Lipinski definition) is 2. The van der Waals surface area contributed by atoms with Crippen molar-refractivity contribution >= 4 is 11.7 Å². The molecule has 0 aliphatic rings. The zero-order valence-corrected chi connectivity index (χ0v) is 10.9. The van der Waals surface area contributed by atoms with E-state index in [1.165, 1.54) is 0 Å². The van der Waals surface area contributed by atoms with Crippen LogP contribution in [0, 0.1) is 6.92 Å². The maximum Gasteiger partial charge on any atom is 0.320 e. The molecular weight excluding hydrogens is 254 g/mol. The predicted octanol–water partition coefficient (Wildman–Crippen LogP) is 3.49. The second-order valence-electron chi connectivity index (χ2n) is 4.40. The highest BCUT2D eigenvalue weighted by molar-refractivity contribution is 5.59. The van der Waals surface area contributed by atoms with Gasteiger partial charge in [0.25, 0.3) is 0 Å². The number of aromatic nitrogens is 2. The van der Waals surface area contributed by atoms with E-state index in [-0.39, 0.29) is 5.75 Å². The van der Waals surface area contributed by atoms with Crippen molar-refractivity contribution in [3.05, 3.63) is 54.1 Å². The van der Waals surface area contributed by atoms with Crippen LogP contribution >= 0.6 is 0 Å². The average molecular weight is 267 g/mol. The van der Waals surface area contributed by atoms with Crippen molar-refractivity contribution in [1.82, 2.24) is 10.2 Å². The smallest absolute Gasteiger partial charge is 0.320 e. The monoisotopic (exact) mass is 267 g/mol. The van der Waals surface area contributed by atoms with Gasteiger partial charge in [0.1, 0.15) is 5.75 Å². The number of nitrogens with zero attached hydrogens (tertiary/aromatic N) is 2. The molecule has 100 valence electrons. The number of aryl methyl sites for hydroxylation is 1. The quantitative estimate of drug-likeness (QED) is 0.711. The molecule has 0 radical (unpaired) electrons. The lowest BCUT2D eigenvalue weighted by Gasteiger charge is -2.01. The summed E-state index contributed by atoms with van der Waals surface area (Å²) in [5, 5.41) is 20.2. The van der Waals surface area contributed by atoms with Crippen LogP contribution in [0.2, 0.25) is 0 Å². The van der Waals surface area contributed by atoms with E-state index < -0.39 is 0 Å². The minimum atomic E-state index is 0.210. The highest BCUT2D eigenvalue weighted by Crippen LogP contribution is 2.25. The zero-order chi connectivity index (χ0) is 13.9. The van der Waals surface area contributed by atoms with Gasteiger partial charge in [-0.2, -0.15) is 0 Å². The summed E-state index contributed by atoms with van der Waals surface area (Å²) in [7, 11) is 0. The van der Waals surface area contributed by atoms with E-state index in [4.69, 9.17) is 4.42 Å². The normalized spacial score (nSPS) is 10.4. The lowest BCUT2D eigenvalue weighted by Crippen LogP contribution is -1.89. The molecule has 3 aromatic rings. The Morgan fingerprint density at radius 2 is 1.75 bits per heavy atom. The summed E-state index contributed by atoms with van der Waals surface area (Å²) in [6.07, 6.45) is 0. The molecule has 0 spiro atoms. The number of phenols is 1. The van der Waals surface area contributed by atoms with Gasteiger partial charge in [0.05, 0.1) is 0 Å². The summed E-state index contributed by atoms with van der Waals surface area (Å²) < 4.78 is 5.59. The number of aromatic hydroxyl groups is 1. The van der Waals surface area contributed by atoms with Crippen LogP contribution in [0.15, 0.2) is 52.9 Å². The minimum Gasteiger partial charge on any atom is -0.508 e. The number of phenolic OH excluding ortho intramolecular Hbond substituents is 1. The Balaban J connectivity index is 1.84. The number of rotatable bonds is 3. The summed E-state index contributed by atoms with van der Waals surface area (Å²) in [6.45, 7) is 1.99. The summed E-state index contributed by atoms with van der Waals surface area (Å²) in [4.78, 5) is 0. The first-order chi connectivity index (χ1) is 9.72. The molecule has 1 heterocycles. The van der Waals surface area contributed by atoms with Gasteiger partial charge in [-0.15, -0.1) is 5.10 Å². The van der Waals surface area contributed by atoms with Crippen molar-refractivity contribution in [3.63, 3.8) is 0 Å². The minimum absolute atomic E-state index is 0.210. The van der Waals surface area contributed by atoms with Gasteiger partial charge >= 0.3 is 6.01 Å². The molecule has 0 saturated heterocycles. The third-order valence-electron chi connectivity index (χ3n) is 2.92. The maximum atomic E-state index is 9.23. The maximum absolute atomic E-state index is 9.23. The van der Waals surface area contributed by atoms with Crippen LogP contribution in [0.1, 0.15) is 5.56 Å². The fourth-order valence-corrected chi connectivity index (χ4v) is 1.86. The molecule has 1 aromatic heterocycles. The number of nitrogens with one attached hydrogen (secondary N) is 1. The molecule has 2 aromatic carbocycles. The number of benzene rings is 2. The van der Waals surface area contributed by atoms with E-state index in [9.17, 15) is 5.11 Å². The molecule has 0 aliphatic carbocycles. The van der Waals surface area contributed by atoms with Crippen LogP contribution in [-0.4, -0.2) is 15.3 Å². The molecule has 0 unspecified atom stereocenters. The van der Waals surface area contributed by atoms with Crippen molar-refractivity contribution in [2.75, 3.05) is 5.32 Å². The van der Waals surface area contributed by atoms with Crippen LogP contribution in [0.25, 0.3) is 11.5 Å². The van der Waals surface area contributed by atoms with Crippen molar-refractivity contribution in [3.8, 4) is 17.2 Å². The average Bonchev–Trinajstić information content (AvgIpc) is 2.90. The Morgan fingerprint density at radius 1 is 1.00 bits per heavy atom. The van der Waals surface area contributed by atoms with E-state index in [2.05, 4.69) is 15.5 Å². The second-order valence-corrected chi connectivity index (χ2v) is 4.40. The highest BCUT2D eigenvalue weighted by Gasteiger charge is 2.10. The summed E-state index contributed by atoms with van der Waals surface area (Å²) in [5.41, 5.74) is 2.76. The number of hydrogen-bond acceptors (Lipinski definition) is 5. The van der Waals surface area contributed by atoms with Gasteiger partial charge < -0.3 is 14.8 Å². The van der Waals surface area contributed by atoms with Gasteiger partial charge in [0.2, 0.25) is 5.89 Å². The summed E-state index contributed by atoms with van der Waals surface area (Å²) in [5.74, 6) is 0.686. The molecule has 2 N–H and O–H groups in total. The zero-order valence-electron chi connectivity index (χ0n) is 10.9. The molecule has 0 aliphatic heterocycles. The molecule has 0 bridgehead atoms. The standard InChI is InChI=1S/C15H13N3O2/c1-10-4-2-3-5-13(10)14-17-18-15(20-14)16-11-6-8-12(19)9-7-11/h2-9,19H,1H3,(H,16,18). The topological polar surface area (TPSA) is 71.2 Å². The Kier molecular flexibility index (Phi) is 3.09. The molecule has 5 heteroatoms. The SMILES string of the molecule is Cc1ccccc1-c1nnc(Nc2ccc(O)cc2)o1. The van der Waals surface area contributed by atoms with Crippen molar-refractivity contribution in [1.29, 1.82) is 0 Å². The largest absolute Gasteiger partial charge is 0.508 e. The van der Waals surface area contributed by atoms with Crippen LogP contribution < -0.4 is 5.32 Å². The van der Waals surface area contributed by atoms with Gasteiger partial charge in [0, 0.05) is 11.3 Å². The first kappa shape index (κ1) is 12.2. The Hall–Kier alpha value is -2.82. The molecular formula is C15H13N3O2. The number of anilines is 2. The van der Waals surface area contributed by atoms with Gasteiger partial charge in [-0.3, -0.25) is 0 Å². The lowest BCUT2D eigenvalue weighted by atomic mass is 10.1. The molecule has 0 atom stereocenters. The van der Waals surface area contributed by atoms with Crippen LogP contribution in [-0.2, 0) is 0 Å². The first-order valence-corrected chi connectivity index (χ1v) is 6.18. The second kappa shape index (κ2) is 5.05. The summed E-state index contributed by atoms with van der Waals surface area (Å²) in [6, 6.07) is 14.8. The molecule has 5 nitrogen and oxygen atoms in total. The third kappa shape index (κ3) is 2.47. The highest BCUT2D eigenvalue weighted by atomic mass is 16.4. The molecule has 0 fully saturated rings. The Morgan fingerprint density at radius 3 is 2.50 bits per heavy atom. The van der Waals surface area contributed by atoms with Crippen LogP contribution in [0.5, 0.6) is 5.75 Å². The van der Waals surface area contributed by atoms with E-state index in [0.717, 1.165) is 16.8 Å². The molecule has 0 saturated carbocycles. The van der Waals surface area contributed by atoms with Gasteiger partial charge in [-0.25, -0.2) is 0 Å². The van der Waals surface area contributed by atoms with Gasteiger partial charge in [0.15, 0.2) is 0 Å².